The Morgan fingerprint density at radius 1 is 1.28 bits per heavy atom. The highest BCUT2D eigenvalue weighted by atomic mass is 35.5. The predicted octanol–water partition coefficient (Wildman–Crippen LogP) is 3.28. The van der Waals surface area contributed by atoms with E-state index in [1.165, 1.54) is 18.6 Å². The fourth-order valence-corrected chi connectivity index (χ4v) is 3.08. The number of ketones is 1. The van der Waals surface area contributed by atoms with Gasteiger partial charge in [-0.1, -0.05) is 35.3 Å². The van der Waals surface area contributed by atoms with E-state index in [0.717, 1.165) is 0 Å². The first kappa shape index (κ1) is 17.7. The Balaban J connectivity index is 1.78. The molecule has 1 saturated heterocycles. The molecule has 1 aromatic heterocycles. The summed E-state index contributed by atoms with van der Waals surface area (Å²) in [6, 6.07) is 6.23. The summed E-state index contributed by atoms with van der Waals surface area (Å²) in [6.45, 7) is 1.48. The molecule has 0 bridgehead atoms. The first-order valence-corrected chi connectivity index (χ1v) is 8.53. The number of nitrogens with zero attached hydrogens (tertiary/aromatic N) is 1. The van der Waals surface area contributed by atoms with E-state index < -0.39 is 6.04 Å². The van der Waals surface area contributed by atoms with Crippen molar-refractivity contribution in [3.8, 4) is 0 Å². The van der Waals surface area contributed by atoms with Crippen molar-refractivity contribution >= 4 is 41.0 Å². The summed E-state index contributed by atoms with van der Waals surface area (Å²) in [5, 5.41) is 3.96. The lowest BCUT2D eigenvalue weighted by Gasteiger charge is -2.34. The maximum Gasteiger partial charge on any atom is 0.247 e. The molecule has 2 heterocycles. The van der Waals surface area contributed by atoms with Crippen LogP contribution in [0.15, 0.2) is 47.3 Å². The molecule has 7 heteroatoms. The van der Waals surface area contributed by atoms with Crippen LogP contribution in [0.2, 0.25) is 10.0 Å². The number of benzene rings is 1. The topological polar surface area (TPSA) is 62.6 Å². The molecule has 0 saturated carbocycles. The quantitative estimate of drug-likeness (QED) is 0.654. The van der Waals surface area contributed by atoms with E-state index in [2.05, 4.69) is 5.32 Å². The molecule has 0 radical (unpaired) electrons. The van der Waals surface area contributed by atoms with Crippen LogP contribution in [0.3, 0.4) is 0 Å². The van der Waals surface area contributed by atoms with Crippen LogP contribution in [0.4, 0.5) is 0 Å². The lowest BCUT2D eigenvalue weighted by atomic mass is 10.0. The normalized spacial score (nSPS) is 17.8. The Morgan fingerprint density at radius 2 is 2.12 bits per heavy atom. The van der Waals surface area contributed by atoms with Crippen LogP contribution >= 0.6 is 23.2 Å². The van der Waals surface area contributed by atoms with Crippen LogP contribution < -0.4 is 5.32 Å². The van der Waals surface area contributed by atoms with Crippen LogP contribution in [-0.4, -0.2) is 42.3 Å². The smallest absolute Gasteiger partial charge is 0.247 e. The summed E-state index contributed by atoms with van der Waals surface area (Å²) in [5.74, 6) is -0.400. The van der Waals surface area contributed by atoms with E-state index in [4.69, 9.17) is 27.6 Å². The van der Waals surface area contributed by atoms with Gasteiger partial charge in [0, 0.05) is 25.7 Å². The minimum atomic E-state index is -0.571. The third-order valence-corrected chi connectivity index (χ3v) is 4.86. The summed E-state index contributed by atoms with van der Waals surface area (Å²) < 4.78 is 4.97. The van der Waals surface area contributed by atoms with Gasteiger partial charge in [-0.05, 0) is 23.8 Å². The highest BCUT2D eigenvalue weighted by molar-refractivity contribution is 6.42. The number of piperazine rings is 1. The van der Waals surface area contributed by atoms with Crippen molar-refractivity contribution < 1.29 is 14.0 Å². The number of Topliss-reactive ketones (excluding diaryl/α,β-unsaturated/α-hetero) is 1. The van der Waals surface area contributed by atoms with E-state index in [1.807, 2.05) is 0 Å². The van der Waals surface area contributed by atoms with Gasteiger partial charge < -0.3 is 14.6 Å². The molecule has 130 valence electrons. The SMILES string of the molecule is O=C(c1ccoc1)C1CNCCN1C(=O)/C=C/c1cccc(Cl)c1Cl. The molecule has 1 aromatic carbocycles. The third kappa shape index (κ3) is 3.95. The average Bonchev–Trinajstić information content (AvgIpc) is 3.17. The molecule has 1 fully saturated rings. The van der Waals surface area contributed by atoms with Gasteiger partial charge in [-0.2, -0.15) is 0 Å². The minimum Gasteiger partial charge on any atom is -0.472 e. The zero-order chi connectivity index (χ0) is 17.8. The number of rotatable bonds is 4. The van der Waals surface area contributed by atoms with Crippen LogP contribution in [-0.2, 0) is 4.79 Å². The van der Waals surface area contributed by atoms with Crippen LogP contribution in [0.1, 0.15) is 15.9 Å². The number of nitrogens with one attached hydrogen (secondary N) is 1. The highest BCUT2D eigenvalue weighted by Crippen LogP contribution is 2.26. The van der Waals surface area contributed by atoms with Crippen LogP contribution in [0, 0.1) is 0 Å². The second-order valence-electron chi connectivity index (χ2n) is 5.60. The molecule has 1 unspecified atom stereocenters. The molecular weight excluding hydrogens is 363 g/mol. The Labute approximate surface area is 155 Å². The maximum absolute atomic E-state index is 12.6. The number of hydrogen-bond donors (Lipinski definition) is 1. The first-order valence-electron chi connectivity index (χ1n) is 7.78. The van der Waals surface area contributed by atoms with Gasteiger partial charge in [0.05, 0.1) is 21.9 Å². The summed E-state index contributed by atoms with van der Waals surface area (Å²) >= 11 is 12.1. The molecule has 5 nitrogen and oxygen atoms in total. The molecule has 3 rings (SSSR count). The summed E-state index contributed by atoms with van der Waals surface area (Å²) in [5.41, 5.74) is 1.10. The Hall–Kier alpha value is -2.08. The molecule has 1 N–H and O–H groups in total. The second kappa shape index (κ2) is 7.87. The Bertz CT molecular complexity index is 803. The van der Waals surface area contributed by atoms with Gasteiger partial charge in [0.25, 0.3) is 0 Å². The largest absolute Gasteiger partial charge is 0.472 e. The monoisotopic (exact) mass is 378 g/mol. The van der Waals surface area contributed by atoms with Crippen molar-refractivity contribution in [3.63, 3.8) is 0 Å². The zero-order valence-corrected chi connectivity index (χ0v) is 14.8. The van der Waals surface area contributed by atoms with E-state index in [1.54, 1.807) is 35.2 Å². The van der Waals surface area contributed by atoms with Crippen molar-refractivity contribution in [2.24, 2.45) is 0 Å². The Kier molecular flexibility index (Phi) is 5.58. The van der Waals surface area contributed by atoms with E-state index in [9.17, 15) is 9.59 Å². The van der Waals surface area contributed by atoms with Gasteiger partial charge in [0.1, 0.15) is 12.3 Å². The molecule has 2 aromatic rings. The van der Waals surface area contributed by atoms with Gasteiger partial charge in [-0.3, -0.25) is 9.59 Å². The average molecular weight is 379 g/mol. The lowest BCUT2D eigenvalue weighted by Crippen LogP contribution is -2.56. The third-order valence-electron chi connectivity index (χ3n) is 4.02. The molecule has 1 amide bonds. The van der Waals surface area contributed by atoms with Crippen molar-refractivity contribution in [1.29, 1.82) is 0 Å². The predicted molar refractivity (Wildman–Crippen MR) is 96.9 cm³/mol. The van der Waals surface area contributed by atoms with Gasteiger partial charge in [0.15, 0.2) is 5.78 Å². The summed E-state index contributed by atoms with van der Waals surface area (Å²) in [6.07, 6.45) is 5.86. The van der Waals surface area contributed by atoms with Gasteiger partial charge >= 0.3 is 0 Å². The first-order chi connectivity index (χ1) is 12.1. The number of amides is 1. The van der Waals surface area contributed by atoms with Crippen molar-refractivity contribution in [2.75, 3.05) is 19.6 Å². The fraction of sp³-hybridized carbons (Fsp3) is 0.222. The van der Waals surface area contributed by atoms with Gasteiger partial charge in [0.2, 0.25) is 5.91 Å². The van der Waals surface area contributed by atoms with E-state index >= 15 is 0 Å². The molecule has 1 atom stereocenters. The molecule has 0 spiro atoms. The standard InChI is InChI=1S/C18H16Cl2N2O3/c19-14-3-1-2-12(17(14)20)4-5-16(23)22-8-7-21-10-15(22)18(24)13-6-9-25-11-13/h1-6,9,11,15,21H,7-8,10H2/b5-4+. The maximum atomic E-state index is 12.6. The molecule has 0 aliphatic carbocycles. The van der Waals surface area contributed by atoms with Crippen LogP contribution in [0.25, 0.3) is 6.08 Å². The summed E-state index contributed by atoms with van der Waals surface area (Å²) in [7, 11) is 0. The van der Waals surface area contributed by atoms with Crippen molar-refractivity contribution in [1.82, 2.24) is 10.2 Å². The number of carbonyl (C=O) groups is 2. The summed E-state index contributed by atoms with van der Waals surface area (Å²) in [4.78, 5) is 26.8. The number of carbonyl (C=O) groups excluding carboxylic acids is 2. The fourth-order valence-electron chi connectivity index (χ4n) is 2.71. The second-order valence-corrected chi connectivity index (χ2v) is 6.39. The number of furan rings is 1. The van der Waals surface area contributed by atoms with Crippen LogP contribution in [0.5, 0.6) is 0 Å². The molecule has 1 aliphatic rings. The molecule has 1 aliphatic heterocycles. The number of halogens is 2. The van der Waals surface area contributed by atoms with Gasteiger partial charge in [-0.15, -0.1) is 0 Å². The highest BCUT2D eigenvalue weighted by Gasteiger charge is 2.32. The molecular formula is C18H16Cl2N2O3. The Morgan fingerprint density at radius 3 is 2.88 bits per heavy atom. The van der Waals surface area contributed by atoms with E-state index in [-0.39, 0.29) is 11.7 Å². The molecule has 25 heavy (non-hydrogen) atoms. The number of hydrogen-bond acceptors (Lipinski definition) is 4. The van der Waals surface area contributed by atoms with E-state index in [0.29, 0.717) is 40.8 Å². The lowest BCUT2D eigenvalue weighted by molar-refractivity contribution is -0.128. The zero-order valence-electron chi connectivity index (χ0n) is 13.2. The van der Waals surface area contributed by atoms with Crippen molar-refractivity contribution in [2.45, 2.75) is 6.04 Å². The van der Waals surface area contributed by atoms with Crippen molar-refractivity contribution in [3.05, 3.63) is 64.0 Å². The minimum absolute atomic E-state index is 0.150. The van der Waals surface area contributed by atoms with Gasteiger partial charge in [-0.25, -0.2) is 0 Å².